The topological polar surface area (TPSA) is 85.0 Å². The summed E-state index contributed by atoms with van der Waals surface area (Å²) in [5, 5.41) is 14.6. The van der Waals surface area contributed by atoms with E-state index in [4.69, 9.17) is 5.10 Å². The Kier molecular flexibility index (Phi) is 4.37. The third-order valence-electron chi connectivity index (χ3n) is 5.25. The summed E-state index contributed by atoms with van der Waals surface area (Å²) < 4.78 is 4.05. The highest BCUT2D eigenvalue weighted by molar-refractivity contribution is 7.16. The molecule has 146 valence electrons. The van der Waals surface area contributed by atoms with Crippen molar-refractivity contribution in [3.05, 3.63) is 40.9 Å². The lowest BCUT2D eigenvalue weighted by molar-refractivity contribution is 0.446. The van der Waals surface area contributed by atoms with E-state index in [0.717, 1.165) is 45.5 Å². The smallest absolute Gasteiger partial charge is 0.234 e. The molecule has 0 spiro atoms. The van der Waals surface area contributed by atoms with Gasteiger partial charge in [0.25, 0.3) is 0 Å². The maximum absolute atomic E-state index is 4.83. The van der Waals surface area contributed by atoms with E-state index in [1.54, 1.807) is 11.3 Å². The van der Waals surface area contributed by atoms with Gasteiger partial charge in [-0.05, 0) is 37.8 Å². The summed E-state index contributed by atoms with van der Waals surface area (Å²) in [6, 6.07) is 8.87. The van der Waals surface area contributed by atoms with E-state index in [2.05, 4.69) is 50.5 Å². The number of para-hydroxylation sites is 2. The van der Waals surface area contributed by atoms with Crippen LogP contribution in [0.4, 0.5) is 0 Å². The van der Waals surface area contributed by atoms with Crippen LogP contribution < -0.4 is 10.9 Å². The fraction of sp³-hybridized carbons (Fsp3) is 0.474. The van der Waals surface area contributed by atoms with Crippen molar-refractivity contribution in [1.82, 2.24) is 40.2 Å². The van der Waals surface area contributed by atoms with Gasteiger partial charge in [-0.3, -0.25) is 5.43 Å². The Morgan fingerprint density at radius 1 is 1.21 bits per heavy atom. The van der Waals surface area contributed by atoms with Crippen LogP contribution in [0.5, 0.6) is 0 Å². The zero-order valence-corrected chi connectivity index (χ0v) is 17.1. The molecule has 3 aromatic heterocycles. The van der Waals surface area contributed by atoms with E-state index in [1.165, 1.54) is 0 Å². The van der Waals surface area contributed by atoms with E-state index in [0.29, 0.717) is 18.5 Å². The van der Waals surface area contributed by atoms with Gasteiger partial charge in [-0.25, -0.2) is 10.4 Å². The zero-order valence-electron chi connectivity index (χ0n) is 16.3. The minimum atomic E-state index is 0.221. The second kappa shape index (κ2) is 6.91. The molecule has 0 radical (unpaired) electrons. The van der Waals surface area contributed by atoms with Gasteiger partial charge in [-0.15, -0.1) is 10.2 Å². The highest BCUT2D eigenvalue weighted by atomic mass is 32.1. The van der Waals surface area contributed by atoms with Crippen molar-refractivity contribution < 1.29 is 0 Å². The third kappa shape index (κ3) is 3.09. The van der Waals surface area contributed by atoms with Gasteiger partial charge in [0.2, 0.25) is 4.96 Å². The summed E-state index contributed by atoms with van der Waals surface area (Å²) in [4.78, 5) is 5.48. The second-order valence-electron chi connectivity index (χ2n) is 7.89. The lowest BCUT2D eigenvalue weighted by atomic mass is 10.0. The van der Waals surface area contributed by atoms with Crippen molar-refractivity contribution in [1.29, 1.82) is 0 Å². The maximum atomic E-state index is 4.83. The molecule has 0 saturated carbocycles. The number of nitrogens with zero attached hydrogens (tertiary/aromatic N) is 6. The number of fused-ring (bicyclic) bond motifs is 2. The molecule has 1 aliphatic heterocycles. The van der Waals surface area contributed by atoms with Crippen LogP contribution in [-0.2, 0) is 6.54 Å². The van der Waals surface area contributed by atoms with Crippen molar-refractivity contribution in [2.24, 2.45) is 5.92 Å². The Balaban J connectivity index is 1.42. The first kappa shape index (κ1) is 17.7. The molecule has 2 N–H and O–H groups in total. The molecule has 2 unspecified atom stereocenters. The molecule has 0 bridgehead atoms. The van der Waals surface area contributed by atoms with Crippen molar-refractivity contribution in [2.45, 2.75) is 52.2 Å². The Morgan fingerprint density at radius 3 is 2.93 bits per heavy atom. The van der Waals surface area contributed by atoms with Crippen LogP contribution in [0.25, 0.3) is 16.0 Å². The summed E-state index contributed by atoms with van der Waals surface area (Å²) in [5.74, 6) is 2.47. The van der Waals surface area contributed by atoms with Crippen molar-refractivity contribution in [3.63, 3.8) is 0 Å². The number of benzene rings is 1. The van der Waals surface area contributed by atoms with Crippen LogP contribution in [0.3, 0.4) is 0 Å². The normalized spacial score (nSPS) is 20.1. The van der Waals surface area contributed by atoms with Crippen LogP contribution >= 0.6 is 11.3 Å². The fourth-order valence-electron chi connectivity index (χ4n) is 3.96. The van der Waals surface area contributed by atoms with Gasteiger partial charge >= 0.3 is 0 Å². The zero-order chi connectivity index (χ0) is 19.3. The molecule has 1 aromatic carbocycles. The van der Waals surface area contributed by atoms with Crippen LogP contribution in [-0.4, -0.2) is 35.4 Å². The third-order valence-corrected chi connectivity index (χ3v) is 6.26. The van der Waals surface area contributed by atoms with E-state index < -0.39 is 0 Å². The Hall–Kier alpha value is -2.36. The first-order valence-corrected chi connectivity index (χ1v) is 10.5. The largest absolute Gasteiger partial charge is 0.320 e. The average Bonchev–Trinajstić information content (AvgIpc) is 3.40. The average molecular weight is 397 g/mol. The van der Waals surface area contributed by atoms with Crippen LogP contribution in [0.15, 0.2) is 24.3 Å². The lowest BCUT2D eigenvalue weighted by Gasteiger charge is -2.10. The van der Waals surface area contributed by atoms with Gasteiger partial charge < -0.3 is 4.57 Å². The summed E-state index contributed by atoms with van der Waals surface area (Å²) in [6.07, 6.45) is 2.20. The van der Waals surface area contributed by atoms with Crippen LogP contribution in [0, 0.1) is 12.8 Å². The molecule has 1 fully saturated rings. The molecule has 5 rings (SSSR count). The molecule has 8 nitrogen and oxygen atoms in total. The predicted octanol–water partition coefficient (Wildman–Crippen LogP) is 2.85. The van der Waals surface area contributed by atoms with E-state index in [1.807, 2.05) is 29.6 Å². The number of aromatic nitrogens is 6. The molecular weight excluding hydrogens is 372 g/mol. The standard InChI is InChI=1S/C19H24N8S/c1-11(2)8-13-9-15(22-21-13)18-25-27-17(23-24-19(27)28-18)10-26-12(3)20-14-6-4-5-7-16(14)26/h4-7,11,13,15,21-22H,8-10H2,1-3H3. The van der Waals surface area contributed by atoms with Gasteiger partial charge in [0.1, 0.15) is 10.8 Å². The summed E-state index contributed by atoms with van der Waals surface area (Å²) in [7, 11) is 0. The minimum Gasteiger partial charge on any atom is -0.320 e. The molecule has 1 aliphatic rings. The molecule has 4 heterocycles. The lowest BCUT2D eigenvalue weighted by Crippen LogP contribution is -2.31. The number of hydrogen-bond acceptors (Lipinski definition) is 7. The highest BCUT2D eigenvalue weighted by Crippen LogP contribution is 2.28. The first-order chi connectivity index (χ1) is 13.6. The summed E-state index contributed by atoms with van der Waals surface area (Å²) >= 11 is 1.61. The number of aryl methyl sites for hydroxylation is 1. The van der Waals surface area contributed by atoms with E-state index in [9.17, 15) is 0 Å². The van der Waals surface area contributed by atoms with Gasteiger partial charge in [-0.1, -0.05) is 37.3 Å². The number of nitrogens with one attached hydrogen (secondary N) is 2. The van der Waals surface area contributed by atoms with E-state index in [-0.39, 0.29) is 6.04 Å². The number of hydrazine groups is 1. The van der Waals surface area contributed by atoms with Gasteiger partial charge in [0.15, 0.2) is 5.82 Å². The van der Waals surface area contributed by atoms with Crippen molar-refractivity contribution in [3.8, 4) is 0 Å². The number of rotatable bonds is 5. The minimum absolute atomic E-state index is 0.221. The van der Waals surface area contributed by atoms with Crippen LogP contribution in [0.1, 0.15) is 49.4 Å². The van der Waals surface area contributed by atoms with Gasteiger partial charge in [0.05, 0.1) is 23.6 Å². The summed E-state index contributed by atoms with van der Waals surface area (Å²) in [5.41, 5.74) is 8.91. The molecule has 1 saturated heterocycles. The number of imidazole rings is 1. The predicted molar refractivity (Wildman–Crippen MR) is 109 cm³/mol. The molecule has 28 heavy (non-hydrogen) atoms. The maximum Gasteiger partial charge on any atom is 0.234 e. The van der Waals surface area contributed by atoms with Gasteiger partial charge in [-0.2, -0.15) is 9.61 Å². The molecule has 0 aliphatic carbocycles. The molecule has 0 amide bonds. The van der Waals surface area contributed by atoms with Gasteiger partial charge in [0, 0.05) is 6.04 Å². The summed E-state index contributed by atoms with van der Waals surface area (Å²) in [6.45, 7) is 7.13. The SMILES string of the molecule is Cc1nc2ccccc2n1Cc1nnc2sc(C3CC(CC(C)C)NN3)nn12. The first-order valence-electron chi connectivity index (χ1n) is 9.72. The fourth-order valence-corrected chi connectivity index (χ4v) is 4.88. The highest BCUT2D eigenvalue weighted by Gasteiger charge is 2.29. The Bertz CT molecular complexity index is 1120. The van der Waals surface area contributed by atoms with Crippen molar-refractivity contribution in [2.75, 3.05) is 0 Å². The molecular formula is C19H24N8S. The molecule has 9 heteroatoms. The monoisotopic (exact) mass is 396 g/mol. The molecule has 4 aromatic rings. The van der Waals surface area contributed by atoms with Crippen molar-refractivity contribution >= 4 is 27.3 Å². The van der Waals surface area contributed by atoms with Crippen LogP contribution in [0.2, 0.25) is 0 Å². The quantitative estimate of drug-likeness (QED) is 0.540. The Labute approximate surface area is 167 Å². The number of hydrogen-bond donors (Lipinski definition) is 2. The second-order valence-corrected chi connectivity index (χ2v) is 8.88. The Morgan fingerprint density at radius 2 is 2.07 bits per heavy atom. The van der Waals surface area contributed by atoms with E-state index >= 15 is 0 Å². The molecule has 2 atom stereocenters.